The topological polar surface area (TPSA) is 60.0 Å². The van der Waals surface area contributed by atoms with Gasteiger partial charge in [-0.2, -0.15) is 0 Å². The van der Waals surface area contributed by atoms with Crippen LogP contribution in [0, 0.1) is 0 Å². The Morgan fingerprint density at radius 3 is 1.97 bits per heavy atom. The van der Waals surface area contributed by atoms with E-state index in [1.54, 1.807) is 4.90 Å². The first kappa shape index (κ1) is 24.5. The fourth-order valence-corrected chi connectivity index (χ4v) is 3.44. The molecule has 3 rings (SSSR count). The lowest BCUT2D eigenvalue weighted by molar-refractivity contribution is 0.00578. The molecule has 168 valence electrons. The number of piperidine rings is 1. The van der Waals surface area contributed by atoms with E-state index in [0.29, 0.717) is 6.04 Å². The molecule has 1 aromatic carbocycles. The summed E-state index contributed by atoms with van der Waals surface area (Å²) in [5, 5.41) is 3.51. The SMILES string of the molecule is CB1OC(C)(C)C(C)(C)O1.CC(C)(C)OC(=O)N1CCC(Nc2ccccc2)CC1. The van der Waals surface area contributed by atoms with Gasteiger partial charge in [0.2, 0.25) is 0 Å². The molecule has 2 saturated heterocycles. The molecule has 1 amide bonds. The Hall–Kier alpha value is -1.73. The molecule has 30 heavy (non-hydrogen) atoms. The third-order valence-corrected chi connectivity index (χ3v) is 5.66. The highest BCUT2D eigenvalue weighted by atomic mass is 16.7. The lowest BCUT2D eigenvalue weighted by Crippen LogP contribution is -2.44. The molecule has 2 aliphatic rings. The van der Waals surface area contributed by atoms with Crippen molar-refractivity contribution in [2.24, 2.45) is 0 Å². The number of rotatable bonds is 2. The second-order valence-corrected chi connectivity index (χ2v) is 10.1. The number of nitrogens with zero attached hydrogens (tertiary/aromatic N) is 1. The minimum absolute atomic E-state index is 0.0648. The van der Waals surface area contributed by atoms with E-state index in [1.165, 1.54) is 0 Å². The minimum atomic E-state index is -0.420. The highest BCUT2D eigenvalue weighted by Gasteiger charge is 2.48. The maximum absolute atomic E-state index is 12.0. The van der Waals surface area contributed by atoms with E-state index in [4.69, 9.17) is 14.0 Å². The average Bonchev–Trinajstić information content (AvgIpc) is 2.80. The number of anilines is 1. The van der Waals surface area contributed by atoms with E-state index in [-0.39, 0.29) is 24.4 Å². The quantitative estimate of drug-likeness (QED) is 0.669. The number of carbonyl (C=O) groups is 1. The van der Waals surface area contributed by atoms with Crippen LogP contribution in [0.15, 0.2) is 30.3 Å². The maximum atomic E-state index is 12.0. The van der Waals surface area contributed by atoms with Crippen molar-refractivity contribution in [3.05, 3.63) is 30.3 Å². The molecule has 2 fully saturated rings. The third-order valence-electron chi connectivity index (χ3n) is 5.66. The second-order valence-electron chi connectivity index (χ2n) is 10.1. The van der Waals surface area contributed by atoms with Gasteiger partial charge in [0, 0.05) is 24.8 Å². The van der Waals surface area contributed by atoms with Crippen LogP contribution in [0.5, 0.6) is 0 Å². The van der Waals surface area contributed by atoms with Gasteiger partial charge in [-0.1, -0.05) is 18.2 Å². The molecule has 0 aliphatic carbocycles. The predicted octanol–water partition coefficient (Wildman–Crippen LogP) is 5.21. The van der Waals surface area contributed by atoms with Crippen LogP contribution >= 0.6 is 0 Å². The van der Waals surface area contributed by atoms with Gasteiger partial charge in [-0.3, -0.25) is 0 Å². The van der Waals surface area contributed by atoms with E-state index < -0.39 is 5.60 Å². The van der Waals surface area contributed by atoms with E-state index >= 15 is 0 Å². The van der Waals surface area contributed by atoms with Gasteiger partial charge >= 0.3 is 13.2 Å². The van der Waals surface area contributed by atoms with Crippen molar-refractivity contribution in [3.8, 4) is 0 Å². The lowest BCUT2D eigenvalue weighted by atomic mass is 9.90. The van der Waals surface area contributed by atoms with Crippen molar-refractivity contribution >= 4 is 18.9 Å². The van der Waals surface area contributed by atoms with E-state index in [9.17, 15) is 4.79 Å². The minimum Gasteiger partial charge on any atom is -0.444 e. The van der Waals surface area contributed by atoms with Gasteiger partial charge in [-0.25, -0.2) is 4.79 Å². The van der Waals surface area contributed by atoms with Crippen LogP contribution in [-0.4, -0.2) is 54.0 Å². The molecule has 0 unspecified atom stereocenters. The molecule has 0 saturated carbocycles. The van der Waals surface area contributed by atoms with Crippen LogP contribution in [0.2, 0.25) is 6.82 Å². The Morgan fingerprint density at radius 2 is 1.57 bits per heavy atom. The van der Waals surface area contributed by atoms with Gasteiger partial charge in [0.1, 0.15) is 5.60 Å². The molecule has 2 heterocycles. The van der Waals surface area contributed by atoms with Crippen LogP contribution in [0.1, 0.15) is 61.3 Å². The number of amides is 1. The van der Waals surface area contributed by atoms with Crippen molar-refractivity contribution in [1.82, 2.24) is 4.90 Å². The number of likely N-dealkylation sites (tertiary alicyclic amines) is 1. The Morgan fingerprint density at radius 1 is 1.07 bits per heavy atom. The summed E-state index contributed by atoms with van der Waals surface area (Å²) < 4.78 is 16.5. The van der Waals surface area contributed by atoms with E-state index in [1.807, 2.05) is 45.8 Å². The second kappa shape index (κ2) is 9.61. The largest absolute Gasteiger partial charge is 0.454 e. The van der Waals surface area contributed by atoms with Crippen molar-refractivity contribution in [3.63, 3.8) is 0 Å². The molecular weight excluding hydrogens is 379 g/mol. The molecule has 2 aliphatic heterocycles. The van der Waals surface area contributed by atoms with E-state index in [0.717, 1.165) is 31.6 Å². The molecule has 0 bridgehead atoms. The molecule has 7 heteroatoms. The molecule has 0 atom stereocenters. The van der Waals surface area contributed by atoms with Crippen molar-refractivity contribution in [1.29, 1.82) is 0 Å². The lowest BCUT2D eigenvalue weighted by Gasteiger charge is -2.34. The first-order valence-electron chi connectivity index (χ1n) is 10.9. The Labute approximate surface area is 182 Å². The predicted molar refractivity (Wildman–Crippen MR) is 123 cm³/mol. The normalized spacial score (nSPS) is 20.9. The number of hydrogen-bond acceptors (Lipinski definition) is 5. The molecule has 1 aromatic rings. The molecular formula is C23H39BN2O4. The Kier molecular flexibility index (Phi) is 7.86. The fourth-order valence-electron chi connectivity index (χ4n) is 3.44. The number of nitrogens with one attached hydrogen (secondary N) is 1. The monoisotopic (exact) mass is 418 g/mol. The third kappa shape index (κ3) is 7.20. The highest BCUT2D eigenvalue weighted by Crippen LogP contribution is 2.36. The first-order chi connectivity index (χ1) is 13.8. The standard InChI is InChI=1S/C16H24N2O2.C7H15BO2/c1-16(2,3)20-15(19)18-11-9-14(10-12-18)17-13-7-5-4-6-8-13;1-6(2)7(3,4)10-8(5)9-6/h4-8,14,17H,9-12H2,1-3H3;1-5H3. The number of benzene rings is 1. The molecule has 0 spiro atoms. The fraction of sp³-hybridized carbons (Fsp3) is 0.696. The van der Waals surface area contributed by atoms with Gasteiger partial charge in [0.05, 0.1) is 11.2 Å². The Balaban J connectivity index is 0.000000269. The van der Waals surface area contributed by atoms with Crippen LogP contribution in [0.4, 0.5) is 10.5 Å². The molecule has 6 nitrogen and oxygen atoms in total. The number of ether oxygens (including phenoxy) is 1. The van der Waals surface area contributed by atoms with E-state index in [2.05, 4.69) is 45.1 Å². The zero-order valence-corrected chi connectivity index (χ0v) is 20.0. The van der Waals surface area contributed by atoms with Gasteiger partial charge in [-0.05, 0) is 80.3 Å². The molecule has 0 aromatic heterocycles. The smallest absolute Gasteiger partial charge is 0.444 e. The van der Waals surface area contributed by atoms with Crippen molar-refractivity contribution < 1.29 is 18.8 Å². The summed E-state index contributed by atoms with van der Waals surface area (Å²) in [7, 11) is -0.0648. The first-order valence-corrected chi connectivity index (χ1v) is 10.9. The summed E-state index contributed by atoms with van der Waals surface area (Å²) in [5.74, 6) is 0. The number of carbonyl (C=O) groups excluding carboxylic acids is 1. The van der Waals surface area contributed by atoms with Gasteiger partial charge < -0.3 is 24.3 Å². The molecule has 1 N–H and O–H groups in total. The summed E-state index contributed by atoms with van der Waals surface area (Å²) in [5.41, 5.74) is 0.401. The summed E-state index contributed by atoms with van der Waals surface area (Å²) >= 11 is 0. The Bertz CT molecular complexity index is 664. The van der Waals surface area contributed by atoms with Gasteiger partial charge in [0.15, 0.2) is 0 Å². The van der Waals surface area contributed by atoms with Crippen LogP contribution in [0.3, 0.4) is 0 Å². The average molecular weight is 418 g/mol. The van der Waals surface area contributed by atoms with Crippen LogP contribution in [0.25, 0.3) is 0 Å². The van der Waals surface area contributed by atoms with Crippen molar-refractivity contribution in [2.75, 3.05) is 18.4 Å². The van der Waals surface area contributed by atoms with Crippen LogP contribution in [-0.2, 0) is 14.0 Å². The number of para-hydroxylation sites is 1. The summed E-state index contributed by atoms with van der Waals surface area (Å²) in [6.07, 6.45) is 1.71. The van der Waals surface area contributed by atoms with Gasteiger partial charge in [-0.15, -0.1) is 0 Å². The zero-order chi connectivity index (χ0) is 22.6. The zero-order valence-electron chi connectivity index (χ0n) is 20.0. The van der Waals surface area contributed by atoms with Crippen molar-refractivity contribution in [2.45, 2.75) is 91.0 Å². The summed E-state index contributed by atoms with van der Waals surface area (Å²) in [4.78, 5) is 13.8. The summed E-state index contributed by atoms with van der Waals surface area (Å²) in [6, 6.07) is 10.6. The van der Waals surface area contributed by atoms with Gasteiger partial charge in [0.25, 0.3) is 0 Å². The highest BCUT2D eigenvalue weighted by molar-refractivity contribution is 6.43. The molecule has 0 radical (unpaired) electrons. The summed E-state index contributed by atoms with van der Waals surface area (Å²) in [6.45, 7) is 17.3. The maximum Gasteiger partial charge on any atom is 0.454 e. The number of hydrogen-bond donors (Lipinski definition) is 1. The van der Waals surface area contributed by atoms with Crippen LogP contribution < -0.4 is 5.32 Å².